The van der Waals surface area contributed by atoms with Gasteiger partial charge >= 0.3 is 0 Å². The molecular weight excluding hydrogens is 457 g/mol. The van der Waals surface area contributed by atoms with Crippen LogP contribution in [0.25, 0.3) is 11.3 Å². The number of aromatic nitrogens is 3. The molecule has 0 radical (unpaired) electrons. The largest absolute Gasteiger partial charge is 0.384 e. The summed E-state index contributed by atoms with van der Waals surface area (Å²) in [4.78, 5) is 31.9. The number of pyridine rings is 1. The molecule has 3 heterocycles. The van der Waals surface area contributed by atoms with E-state index in [2.05, 4.69) is 36.6 Å². The predicted molar refractivity (Wildman–Crippen MR) is 137 cm³/mol. The Morgan fingerprint density at radius 1 is 1.08 bits per heavy atom. The maximum absolute atomic E-state index is 15.2. The Bertz CT molecular complexity index is 1290. The van der Waals surface area contributed by atoms with Crippen LogP contribution in [-0.4, -0.2) is 82.5 Å². The molecule has 1 aromatic carbocycles. The van der Waals surface area contributed by atoms with E-state index in [1.54, 1.807) is 29.3 Å². The van der Waals surface area contributed by atoms with Crippen LogP contribution in [0.3, 0.4) is 0 Å². The summed E-state index contributed by atoms with van der Waals surface area (Å²) in [5, 5.41) is 0. The van der Waals surface area contributed by atoms with Gasteiger partial charge in [0.05, 0.1) is 29.2 Å². The quantitative estimate of drug-likeness (QED) is 0.553. The smallest absolute Gasteiger partial charge is 0.256 e. The van der Waals surface area contributed by atoms with E-state index in [1.165, 1.54) is 18.5 Å². The number of aryl methyl sites for hydroxylation is 1. The first kappa shape index (κ1) is 25.2. The van der Waals surface area contributed by atoms with Gasteiger partial charge in [0.1, 0.15) is 18.0 Å². The molecule has 0 aliphatic carbocycles. The van der Waals surface area contributed by atoms with Crippen LogP contribution in [0, 0.1) is 17.7 Å². The molecule has 1 aliphatic rings. The number of benzene rings is 1. The molecule has 1 fully saturated rings. The molecule has 2 aromatic heterocycles. The summed E-state index contributed by atoms with van der Waals surface area (Å²) in [5.41, 5.74) is 8.84. The summed E-state index contributed by atoms with van der Waals surface area (Å²) in [6, 6.07) is 8.07. The number of piperazine rings is 1. The Morgan fingerprint density at radius 3 is 2.50 bits per heavy atom. The third-order valence-electron chi connectivity index (χ3n) is 5.99. The molecule has 2 N–H and O–H groups in total. The van der Waals surface area contributed by atoms with E-state index in [9.17, 15) is 4.79 Å². The normalized spacial score (nSPS) is 14.0. The number of nitrogens with two attached hydrogens (primary N) is 1. The molecule has 36 heavy (non-hydrogen) atoms. The topological polar surface area (TPSA) is 91.5 Å². The van der Waals surface area contributed by atoms with E-state index in [0.717, 1.165) is 25.5 Å². The molecule has 4 rings (SSSR count). The lowest BCUT2D eigenvalue weighted by Gasteiger charge is -2.36. The van der Waals surface area contributed by atoms with Gasteiger partial charge in [-0.3, -0.25) is 14.6 Å². The second kappa shape index (κ2) is 11.2. The number of hydrogen-bond acceptors (Lipinski definition) is 7. The number of carbonyl (C=O) groups excluding carboxylic acids is 1. The van der Waals surface area contributed by atoms with E-state index in [1.807, 2.05) is 21.0 Å². The highest BCUT2D eigenvalue weighted by molar-refractivity contribution is 5.95. The lowest BCUT2D eigenvalue weighted by atomic mass is 10.0. The molecule has 0 spiro atoms. The van der Waals surface area contributed by atoms with Crippen molar-refractivity contribution < 1.29 is 9.18 Å². The Kier molecular flexibility index (Phi) is 7.88. The van der Waals surface area contributed by atoms with E-state index >= 15 is 4.39 Å². The number of anilines is 1. The highest BCUT2D eigenvalue weighted by atomic mass is 19.1. The van der Waals surface area contributed by atoms with Crippen molar-refractivity contribution >= 4 is 11.7 Å². The Labute approximate surface area is 211 Å². The fourth-order valence-corrected chi connectivity index (χ4v) is 4.15. The molecule has 186 valence electrons. The summed E-state index contributed by atoms with van der Waals surface area (Å²) >= 11 is 0. The van der Waals surface area contributed by atoms with Gasteiger partial charge in [0.15, 0.2) is 0 Å². The molecule has 3 aromatic rings. The van der Waals surface area contributed by atoms with Crippen molar-refractivity contribution in [2.24, 2.45) is 0 Å². The molecule has 0 atom stereocenters. The fourth-order valence-electron chi connectivity index (χ4n) is 4.15. The van der Waals surface area contributed by atoms with Gasteiger partial charge in [-0.2, -0.15) is 0 Å². The summed E-state index contributed by atoms with van der Waals surface area (Å²) in [6.45, 7) is 5.47. The summed E-state index contributed by atoms with van der Waals surface area (Å²) in [6.07, 6.45) is 3.69. The van der Waals surface area contributed by atoms with Crippen LogP contribution in [0.2, 0.25) is 0 Å². The van der Waals surface area contributed by atoms with Crippen LogP contribution < -0.4 is 5.73 Å². The molecule has 1 saturated heterocycles. The van der Waals surface area contributed by atoms with Gasteiger partial charge in [0.25, 0.3) is 5.91 Å². The summed E-state index contributed by atoms with van der Waals surface area (Å²) in [7, 11) is 4.03. The highest BCUT2D eigenvalue weighted by Gasteiger charge is 2.25. The van der Waals surface area contributed by atoms with Crippen molar-refractivity contribution in [1.82, 2.24) is 29.7 Å². The van der Waals surface area contributed by atoms with Gasteiger partial charge < -0.3 is 10.6 Å². The van der Waals surface area contributed by atoms with Crippen LogP contribution in [0.1, 0.15) is 34.1 Å². The first-order valence-electron chi connectivity index (χ1n) is 11.9. The number of halogens is 1. The van der Waals surface area contributed by atoms with Crippen molar-refractivity contribution in [2.75, 3.05) is 52.7 Å². The third kappa shape index (κ3) is 5.85. The van der Waals surface area contributed by atoms with Crippen LogP contribution >= 0.6 is 0 Å². The molecule has 0 saturated carbocycles. The number of nitrogens with zero attached hydrogens (tertiary/aromatic N) is 6. The van der Waals surface area contributed by atoms with Crippen molar-refractivity contribution in [3.63, 3.8) is 0 Å². The molecule has 9 heteroatoms. The average molecular weight is 488 g/mol. The SMILES string of the molecule is CCc1ncnc(-c2ccc(C(=O)N3CCN(CN(C)C)CC3)c(F)c2)c1C#Cc1ccc(N)nc1. The van der Waals surface area contributed by atoms with Gasteiger partial charge in [-0.25, -0.2) is 19.3 Å². The monoisotopic (exact) mass is 487 g/mol. The fraction of sp³-hybridized carbons (Fsp3) is 0.333. The standard InChI is InChI=1S/C27H30FN7O/c1-4-24-22(8-5-19-6-10-25(29)30-16-19)26(32-17-31-24)20-7-9-21(23(28)15-20)27(36)35-13-11-34(12-14-35)18-33(2)3/h6-7,9-10,15-17H,4,11-14,18H2,1-3H3,(H2,29,30). The van der Waals surface area contributed by atoms with Crippen molar-refractivity contribution in [3.05, 3.63) is 71.1 Å². The van der Waals surface area contributed by atoms with E-state index in [4.69, 9.17) is 5.73 Å². The van der Waals surface area contributed by atoms with Gasteiger partial charge in [0.2, 0.25) is 0 Å². The molecule has 8 nitrogen and oxygen atoms in total. The number of amides is 1. The molecule has 1 amide bonds. The number of carbonyl (C=O) groups is 1. The Balaban J connectivity index is 1.59. The maximum Gasteiger partial charge on any atom is 0.256 e. The second-order valence-electron chi connectivity index (χ2n) is 8.95. The zero-order valence-corrected chi connectivity index (χ0v) is 20.8. The predicted octanol–water partition coefficient (Wildman–Crippen LogP) is 2.50. The van der Waals surface area contributed by atoms with E-state index in [0.29, 0.717) is 47.7 Å². The first-order valence-corrected chi connectivity index (χ1v) is 11.9. The minimum atomic E-state index is -0.577. The van der Waals surface area contributed by atoms with Crippen LogP contribution in [-0.2, 0) is 6.42 Å². The van der Waals surface area contributed by atoms with Gasteiger partial charge in [0, 0.05) is 43.5 Å². The van der Waals surface area contributed by atoms with E-state index in [-0.39, 0.29) is 11.5 Å². The second-order valence-corrected chi connectivity index (χ2v) is 8.95. The summed E-state index contributed by atoms with van der Waals surface area (Å²) < 4.78 is 15.2. The number of nitrogen functional groups attached to an aromatic ring is 1. The zero-order valence-electron chi connectivity index (χ0n) is 20.8. The molecule has 1 aliphatic heterocycles. The molecule has 0 unspecified atom stereocenters. The van der Waals surface area contributed by atoms with E-state index < -0.39 is 5.82 Å². The van der Waals surface area contributed by atoms with Crippen LogP contribution in [0.15, 0.2) is 42.9 Å². The van der Waals surface area contributed by atoms with Crippen molar-refractivity contribution in [1.29, 1.82) is 0 Å². The third-order valence-corrected chi connectivity index (χ3v) is 5.99. The Hall–Kier alpha value is -3.87. The minimum Gasteiger partial charge on any atom is -0.384 e. The highest BCUT2D eigenvalue weighted by Crippen LogP contribution is 2.26. The number of rotatable bonds is 5. The zero-order chi connectivity index (χ0) is 25.7. The lowest BCUT2D eigenvalue weighted by Crippen LogP contribution is -2.50. The Morgan fingerprint density at radius 2 is 1.86 bits per heavy atom. The van der Waals surface area contributed by atoms with Gasteiger partial charge in [-0.15, -0.1) is 0 Å². The molecular formula is C27H30FN7O. The van der Waals surface area contributed by atoms with Gasteiger partial charge in [-0.05, 0) is 44.8 Å². The molecule has 0 bridgehead atoms. The lowest BCUT2D eigenvalue weighted by molar-refractivity contribution is 0.0567. The minimum absolute atomic E-state index is 0.0603. The number of hydrogen-bond donors (Lipinski definition) is 1. The van der Waals surface area contributed by atoms with Crippen LogP contribution in [0.5, 0.6) is 0 Å². The average Bonchev–Trinajstić information content (AvgIpc) is 2.88. The maximum atomic E-state index is 15.2. The summed E-state index contributed by atoms with van der Waals surface area (Å²) in [5.74, 6) is 5.74. The first-order chi connectivity index (χ1) is 17.4. The van der Waals surface area contributed by atoms with Crippen LogP contribution in [0.4, 0.5) is 10.2 Å². The van der Waals surface area contributed by atoms with Crippen molar-refractivity contribution in [2.45, 2.75) is 13.3 Å². The van der Waals surface area contributed by atoms with Crippen molar-refractivity contribution in [3.8, 4) is 23.1 Å². The van der Waals surface area contributed by atoms with Gasteiger partial charge in [-0.1, -0.05) is 24.8 Å².